The van der Waals surface area contributed by atoms with E-state index < -0.39 is 6.10 Å². The molecule has 148 valence electrons. The number of para-hydroxylation sites is 2. The van der Waals surface area contributed by atoms with Crippen LogP contribution < -0.4 is 24.4 Å². The highest BCUT2D eigenvalue weighted by Crippen LogP contribution is 2.36. The highest BCUT2D eigenvalue weighted by Gasteiger charge is 2.31. The van der Waals surface area contributed by atoms with Crippen LogP contribution in [0.2, 0.25) is 5.02 Å². The molecule has 2 aromatic rings. The summed E-state index contributed by atoms with van der Waals surface area (Å²) in [6.45, 7) is 1.92. The molecule has 0 radical (unpaired) electrons. The van der Waals surface area contributed by atoms with Crippen molar-refractivity contribution in [1.29, 1.82) is 0 Å². The van der Waals surface area contributed by atoms with Crippen LogP contribution in [0.1, 0.15) is 13.3 Å². The van der Waals surface area contributed by atoms with Gasteiger partial charge in [-0.2, -0.15) is 0 Å². The van der Waals surface area contributed by atoms with Gasteiger partial charge in [-0.25, -0.2) is 0 Å². The Morgan fingerprint density at radius 3 is 2.64 bits per heavy atom. The maximum Gasteiger partial charge on any atom is 0.267 e. The van der Waals surface area contributed by atoms with Crippen LogP contribution in [0.4, 0.5) is 11.4 Å². The van der Waals surface area contributed by atoms with E-state index in [1.54, 1.807) is 36.1 Å². The number of methoxy groups -OCH3 is 2. The van der Waals surface area contributed by atoms with Gasteiger partial charge in [0.1, 0.15) is 17.2 Å². The molecule has 1 heterocycles. The third kappa shape index (κ3) is 3.99. The Kier molecular flexibility index (Phi) is 5.94. The fraction of sp³-hybridized carbons (Fsp3) is 0.300. The van der Waals surface area contributed by atoms with Gasteiger partial charge in [-0.1, -0.05) is 23.7 Å². The van der Waals surface area contributed by atoms with E-state index in [9.17, 15) is 9.59 Å². The minimum Gasteiger partial charge on any atom is -0.495 e. The number of nitrogens with zero attached hydrogens (tertiary/aromatic N) is 1. The number of amides is 2. The summed E-state index contributed by atoms with van der Waals surface area (Å²) in [5, 5.41) is 3.16. The smallest absolute Gasteiger partial charge is 0.267 e. The highest BCUT2D eigenvalue weighted by atomic mass is 35.5. The number of halogens is 1. The van der Waals surface area contributed by atoms with Crippen LogP contribution in [-0.4, -0.2) is 38.7 Å². The van der Waals surface area contributed by atoms with E-state index in [1.165, 1.54) is 14.2 Å². The van der Waals surface area contributed by atoms with Crippen molar-refractivity contribution in [2.24, 2.45) is 0 Å². The molecule has 28 heavy (non-hydrogen) atoms. The highest BCUT2D eigenvalue weighted by molar-refractivity contribution is 6.32. The molecule has 0 saturated heterocycles. The van der Waals surface area contributed by atoms with Gasteiger partial charge in [0.05, 0.1) is 30.6 Å². The summed E-state index contributed by atoms with van der Waals surface area (Å²) in [6, 6.07) is 10.4. The van der Waals surface area contributed by atoms with Crippen molar-refractivity contribution in [2.45, 2.75) is 19.4 Å². The predicted octanol–water partition coefficient (Wildman–Crippen LogP) is 3.50. The van der Waals surface area contributed by atoms with E-state index in [4.69, 9.17) is 25.8 Å². The molecule has 0 aromatic heterocycles. The third-order valence-electron chi connectivity index (χ3n) is 4.38. The van der Waals surface area contributed by atoms with Crippen molar-refractivity contribution >= 4 is 34.8 Å². The Labute approximate surface area is 168 Å². The number of benzene rings is 2. The van der Waals surface area contributed by atoms with Gasteiger partial charge < -0.3 is 24.4 Å². The lowest BCUT2D eigenvalue weighted by molar-refractivity contribution is -0.125. The van der Waals surface area contributed by atoms with E-state index >= 15 is 0 Å². The van der Waals surface area contributed by atoms with Crippen LogP contribution in [0, 0.1) is 0 Å². The second-order valence-corrected chi connectivity index (χ2v) is 6.61. The van der Waals surface area contributed by atoms with Crippen LogP contribution in [0.25, 0.3) is 0 Å². The lowest BCUT2D eigenvalue weighted by Gasteiger charge is -2.32. The van der Waals surface area contributed by atoms with Gasteiger partial charge in [-0.15, -0.1) is 0 Å². The first-order valence-electron chi connectivity index (χ1n) is 8.73. The molecule has 0 bridgehead atoms. The average Bonchev–Trinajstić information content (AvgIpc) is 2.69. The van der Waals surface area contributed by atoms with Crippen molar-refractivity contribution in [2.75, 3.05) is 31.0 Å². The van der Waals surface area contributed by atoms with Crippen LogP contribution in [-0.2, 0) is 9.59 Å². The van der Waals surface area contributed by atoms with Crippen molar-refractivity contribution < 1.29 is 23.8 Å². The molecule has 0 saturated carbocycles. The standard InChI is InChI=1S/C20H21ClN2O5/c1-12-20(25)23(15-6-4-5-7-16(15)28-12)9-8-19(24)22-14-11-17(26-2)13(21)10-18(14)27-3/h4-7,10-12H,8-9H2,1-3H3,(H,22,24). The van der Waals surface area contributed by atoms with E-state index in [0.717, 1.165) is 0 Å². The number of hydrogen-bond donors (Lipinski definition) is 1. The molecule has 8 heteroatoms. The summed E-state index contributed by atoms with van der Waals surface area (Å²) in [6.07, 6.45) is -0.500. The van der Waals surface area contributed by atoms with E-state index in [1.807, 2.05) is 12.1 Å². The van der Waals surface area contributed by atoms with Gasteiger partial charge in [0.15, 0.2) is 6.10 Å². The minimum absolute atomic E-state index is 0.0981. The maximum atomic E-state index is 12.5. The molecule has 1 unspecified atom stereocenters. The Morgan fingerprint density at radius 2 is 1.93 bits per heavy atom. The first-order valence-corrected chi connectivity index (χ1v) is 9.10. The quantitative estimate of drug-likeness (QED) is 0.797. The molecule has 2 amide bonds. The maximum absolute atomic E-state index is 12.5. The van der Waals surface area contributed by atoms with Crippen LogP contribution in [0.15, 0.2) is 36.4 Å². The van der Waals surface area contributed by atoms with Gasteiger partial charge in [0, 0.05) is 25.1 Å². The molecule has 3 rings (SSSR count). The number of nitrogens with one attached hydrogen (secondary N) is 1. The Bertz CT molecular complexity index is 902. The SMILES string of the molecule is COc1cc(NC(=O)CCN2C(=O)C(C)Oc3ccccc32)c(OC)cc1Cl. The largest absolute Gasteiger partial charge is 0.495 e. The summed E-state index contributed by atoms with van der Waals surface area (Å²) in [4.78, 5) is 26.6. The normalized spacial score (nSPS) is 15.5. The third-order valence-corrected chi connectivity index (χ3v) is 4.68. The molecule has 1 aliphatic heterocycles. The van der Waals surface area contributed by atoms with Gasteiger partial charge in [-0.05, 0) is 19.1 Å². The van der Waals surface area contributed by atoms with Crippen molar-refractivity contribution in [3.05, 3.63) is 41.4 Å². The fourth-order valence-electron chi connectivity index (χ4n) is 2.97. The van der Waals surface area contributed by atoms with Gasteiger partial charge in [0.2, 0.25) is 5.91 Å². The van der Waals surface area contributed by atoms with E-state index in [-0.39, 0.29) is 24.8 Å². The van der Waals surface area contributed by atoms with Gasteiger partial charge in [-0.3, -0.25) is 9.59 Å². The minimum atomic E-state index is -0.599. The molecule has 0 aliphatic carbocycles. The second-order valence-electron chi connectivity index (χ2n) is 6.20. The Morgan fingerprint density at radius 1 is 1.21 bits per heavy atom. The molecule has 2 aromatic carbocycles. The van der Waals surface area contributed by atoms with Crippen molar-refractivity contribution in [3.63, 3.8) is 0 Å². The summed E-state index contributed by atoms with van der Waals surface area (Å²) in [7, 11) is 2.97. The number of carbonyl (C=O) groups excluding carboxylic acids is 2. The zero-order valence-corrected chi connectivity index (χ0v) is 16.6. The van der Waals surface area contributed by atoms with Crippen LogP contribution in [0.3, 0.4) is 0 Å². The summed E-state index contributed by atoms with van der Waals surface area (Å²) < 4.78 is 16.1. The predicted molar refractivity (Wildman–Crippen MR) is 107 cm³/mol. The monoisotopic (exact) mass is 404 g/mol. The number of hydrogen-bond acceptors (Lipinski definition) is 5. The summed E-state index contributed by atoms with van der Waals surface area (Å²) in [5.41, 5.74) is 1.10. The molecule has 1 atom stereocenters. The molecule has 0 fully saturated rings. The Hall–Kier alpha value is -2.93. The lowest BCUT2D eigenvalue weighted by Crippen LogP contribution is -2.45. The number of ether oxygens (including phenoxy) is 3. The zero-order chi connectivity index (χ0) is 20.3. The molecule has 0 spiro atoms. The molecular weight excluding hydrogens is 384 g/mol. The average molecular weight is 405 g/mol. The summed E-state index contributed by atoms with van der Waals surface area (Å²) in [5.74, 6) is 1.01. The molecule has 1 N–H and O–H groups in total. The molecular formula is C20H21ClN2O5. The zero-order valence-electron chi connectivity index (χ0n) is 15.8. The van der Waals surface area contributed by atoms with E-state index in [0.29, 0.717) is 33.6 Å². The fourth-order valence-corrected chi connectivity index (χ4v) is 3.20. The topological polar surface area (TPSA) is 77.1 Å². The first kappa shape index (κ1) is 19.8. The Balaban J connectivity index is 1.72. The van der Waals surface area contributed by atoms with Gasteiger partial charge >= 0.3 is 0 Å². The van der Waals surface area contributed by atoms with Crippen LogP contribution >= 0.6 is 11.6 Å². The number of anilines is 2. The van der Waals surface area contributed by atoms with Gasteiger partial charge in [0.25, 0.3) is 5.91 Å². The van der Waals surface area contributed by atoms with E-state index in [2.05, 4.69) is 5.32 Å². The second kappa shape index (κ2) is 8.39. The first-order chi connectivity index (χ1) is 13.4. The van der Waals surface area contributed by atoms with Crippen molar-refractivity contribution in [1.82, 2.24) is 0 Å². The van der Waals surface area contributed by atoms with Crippen molar-refractivity contribution in [3.8, 4) is 17.2 Å². The number of carbonyl (C=O) groups is 2. The molecule has 7 nitrogen and oxygen atoms in total. The van der Waals surface area contributed by atoms with Crippen LogP contribution in [0.5, 0.6) is 17.2 Å². The lowest BCUT2D eigenvalue weighted by atomic mass is 10.1. The summed E-state index contributed by atoms with van der Waals surface area (Å²) >= 11 is 6.08. The number of rotatable bonds is 6. The number of fused-ring (bicyclic) bond motifs is 1. The molecule has 1 aliphatic rings.